The van der Waals surface area contributed by atoms with Gasteiger partial charge in [0.15, 0.2) is 0 Å². The normalized spacial score (nSPS) is 20.4. The summed E-state index contributed by atoms with van der Waals surface area (Å²) in [5, 5.41) is 9.68. The number of aliphatic hydroxyl groups is 1. The molecule has 1 saturated heterocycles. The highest BCUT2D eigenvalue weighted by Crippen LogP contribution is 2.32. The van der Waals surface area contributed by atoms with E-state index in [1.54, 1.807) is 13.4 Å². The van der Waals surface area contributed by atoms with Crippen molar-refractivity contribution >= 4 is 5.82 Å². The van der Waals surface area contributed by atoms with Gasteiger partial charge in [0, 0.05) is 36.8 Å². The van der Waals surface area contributed by atoms with Gasteiger partial charge in [0.05, 0.1) is 19.8 Å². The minimum atomic E-state index is -0.175. The molecule has 6 heteroatoms. The molecule has 2 aliphatic rings. The second kappa shape index (κ2) is 7.50. The molecule has 2 aliphatic heterocycles. The zero-order valence-corrected chi connectivity index (χ0v) is 15.1. The maximum absolute atomic E-state index is 9.68. The van der Waals surface area contributed by atoms with Gasteiger partial charge in [-0.2, -0.15) is 0 Å². The van der Waals surface area contributed by atoms with Crippen LogP contribution in [0.3, 0.4) is 0 Å². The molecule has 0 aliphatic carbocycles. The monoisotopic (exact) mass is 355 g/mol. The number of piperidine rings is 1. The van der Waals surface area contributed by atoms with E-state index in [1.807, 2.05) is 12.1 Å². The lowest BCUT2D eigenvalue weighted by Gasteiger charge is -2.30. The van der Waals surface area contributed by atoms with E-state index in [0.29, 0.717) is 12.5 Å². The van der Waals surface area contributed by atoms with Crippen LogP contribution in [0, 0.1) is 5.92 Å². The molecule has 26 heavy (non-hydrogen) atoms. The summed E-state index contributed by atoms with van der Waals surface area (Å²) in [4.78, 5) is 11.1. The maximum Gasteiger partial charge on any atom is 0.132 e. The van der Waals surface area contributed by atoms with Crippen LogP contribution in [-0.2, 0) is 12.8 Å². The lowest BCUT2D eigenvalue weighted by molar-refractivity contribution is 0.145. The quantitative estimate of drug-likeness (QED) is 0.907. The van der Waals surface area contributed by atoms with Gasteiger partial charge in [0.2, 0.25) is 0 Å². The molecule has 2 aromatic rings. The molecule has 1 fully saturated rings. The summed E-state index contributed by atoms with van der Waals surface area (Å²) in [5.74, 6) is 3.12. The van der Waals surface area contributed by atoms with E-state index in [0.717, 1.165) is 61.8 Å². The number of benzene rings is 1. The van der Waals surface area contributed by atoms with Crippen LogP contribution in [0.5, 0.6) is 11.5 Å². The van der Waals surface area contributed by atoms with Gasteiger partial charge in [-0.25, -0.2) is 9.97 Å². The van der Waals surface area contributed by atoms with Crippen LogP contribution in [-0.4, -0.2) is 48.0 Å². The fraction of sp³-hybridized carbons (Fsp3) is 0.500. The van der Waals surface area contributed by atoms with E-state index in [4.69, 9.17) is 9.47 Å². The number of hydrogen-bond donors (Lipinski definition) is 1. The van der Waals surface area contributed by atoms with Crippen molar-refractivity contribution in [2.75, 3.05) is 31.7 Å². The molecule has 3 heterocycles. The van der Waals surface area contributed by atoms with Crippen LogP contribution in [0.25, 0.3) is 0 Å². The number of fused-ring (bicyclic) bond motifs is 1. The molecular weight excluding hydrogens is 330 g/mol. The SMILES string of the molecule is COc1ccc2c(c1)OC[C@H](Cc1cc(N3CCC(O)CC3)ncn1)C2. The number of aromatic nitrogens is 2. The average molecular weight is 355 g/mol. The Balaban J connectivity index is 1.42. The van der Waals surface area contributed by atoms with Crippen molar-refractivity contribution in [2.45, 2.75) is 31.8 Å². The number of nitrogens with zero attached hydrogens (tertiary/aromatic N) is 3. The Bertz CT molecular complexity index is 760. The zero-order chi connectivity index (χ0) is 17.9. The molecule has 1 aromatic carbocycles. The first kappa shape index (κ1) is 17.1. The second-order valence-corrected chi connectivity index (χ2v) is 7.14. The van der Waals surface area contributed by atoms with Crippen LogP contribution in [0.1, 0.15) is 24.1 Å². The topological polar surface area (TPSA) is 67.7 Å². The van der Waals surface area contributed by atoms with Gasteiger partial charge in [-0.15, -0.1) is 0 Å². The van der Waals surface area contributed by atoms with Gasteiger partial charge in [0.25, 0.3) is 0 Å². The molecule has 0 bridgehead atoms. The van der Waals surface area contributed by atoms with Gasteiger partial charge in [0.1, 0.15) is 23.6 Å². The number of methoxy groups -OCH3 is 1. The third-order valence-corrected chi connectivity index (χ3v) is 5.25. The summed E-state index contributed by atoms with van der Waals surface area (Å²) in [5.41, 5.74) is 2.27. The lowest BCUT2D eigenvalue weighted by atomic mass is 9.92. The van der Waals surface area contributed by atoms with E-state index >= 15 is 0 Å². The zero-order valence-electron chi connectivity index (χ0n) is 15.1. The molecule has 0 radical (unpaired) electrons. The predicted octanol–water partition coefficient (Wildman–Crippen LogP) is 2.24. The Kier molecular flexibility index (Phi) is 4.93. The third kappa shape index (κ3) is 3.75. The van der Waals surface area contributed by atoms with Crippen molar-refractivity contribution in [1.82, 2.24) is 9.97 Å². The highest BCUT2D eigenvalue weighted by molar-refractivity contribution is 5.43. The summed E-state index contributed by atoms with van der Waals surface area (Å²) in [6.45, 7) is 2.38. The lowest BCUT2D eigenvalue weighted by Crippen LogP contribution is -2.36. The summed E-state index contributed by atoms with van der Waals surface area (Å²) >= 11 is 0. The first-order chi connectivity index (χ1) is 12.7. The molecule has 0 spiro atoms. The smallest absolute Gasteiger partial charge is 0.132 e. The van der Waals surface area contributed by atoms with Crippen molar-refractivity contribution in [1.29, 1.82) is 0 Å². The molecule has 1 N–H and O–H groups in total. The highest BCUT2D eigenvalue weighted by atomic mass is 16.5. The Morgan fingerprint density at radius 1 is 1.23 bits per heavy atom. The van der Waals surface area contributed by atoms with E-state index < -0.39 is 0 Å². The van der Waals surface area contributed by atoms with E-state index in [-0.39, 0.29) is 6.10 Å². The van der Waals surface area contributed by atoms with Crippen molar-refractivity contribution < 1.29 is 14.6 Å². The van der Waals surface area contributed by atoms with Crippen LogP contribution in [0.4, 0.5) is 5.82 Å². The minimum absolute atomic E-state index is 0.175. The van der Waals surface area contributed by atoms with Crippen molar-refractivity contribution in [3.8, 4) is 11.5 Å². The predicted molar refractivity (Wildman–Crippen MR) is 98.9 cm³/mol. The molecule has 4 rings (SSSR count). The van der Waals surface area contributed by atoms with Gasteiger partial charge in [-0.3, -0.25) is 0 Å². The first-order valence-corrected chi connectivity index (χ1v) is 9.25. The molecule has 0 unspecified atom stereocenters. The molecule has 6 nitrogen and oxygen atoms in total. The maximum atomic E-state index is 9.68. The third-order valence-electron chi connectivity index (χ3n) is 5.25. The van der Waals surface area contributed by atoms with Crippen molar-refractivity contribution in [3.05, 3.63) is 41.9 Å². The van der Waals surface area contributed by atoms with Crippen LogP contribution in [0.15, 0.2) is 30.6 Å². The van der Waals surface area contributed by atoms with Crippen molar-refractivity contribution in [2.24, 2.45) is 5.92 Å². The molecule has 0 saturated carbocycles. The molecule has 1 atom stereocenters. The number of hydrogen-bond acceptors (Lipinski definition) is 6. The summed E-state index contributed by atoms with van der Waals surface area (Å²) in [7, 11) is 1.67. The van der Waals surface area contributed by atoms with Gasteiger partial charge >= 0.3 is 0 Å². The van der Waals surface area contributed by atoms with Crippen LogP contribution < -0.4 is 14.4 Å². The number of ether oxygens (including phenoxy) is 2. The first-order valence-electron chi connectivity index (χ1n) is 9.25. The van der Waals surface area contributed by atoms with E-state index in [1.165, 1.54) is 5.56 Å². The standard InChI is InChI=1S/C20H25N3O3/c1-25-18-3-2-15-8-14(12-26-19(15)11-18)9-16-10-20(22-13-21-16)23-6-4-17(24)5-7-23/h2-3,10-11,13-14,17,24H,4-9,12H2,1H3/t14-/m0/s1. The largest absolute Gasteiger partial charge is 0.497 e. The summed E-state index contributed by atoms with van der Waals surface area (Å²) in [6.07, 6.45) is 4.93. The molecule has 138 valence electrons. The molecule has 1 aromatic heterocycles. The highest BCUT2D eigenvalue weighted by Gasteiger charge is 2.22. The second-order valence-electron chi connectivity index (χ2n) is 7.14. The Hall–Kier alpha value is -2.34. The Morgan fingerprint density at radius 2 is 2.08 bits per heavy atom. The van der Waals surface area contributed by atoms with Crippen molar-refractivity contribution in [3.63, 3.8) is 0 Å². The number of anilines is 1. The molecule has 0 amide bonds. The minimum Gasteiger partial charge on any atom is -0.497 e. The fourth-order valence-corrected chi connectivity index (χ4v) is 3.73. The Labute approximate surface area is 153 Å². The summed E-state index contributed by atoms with van der Waals surface area (Å²) < 4.78 is 11.2. The van der Waals surface area contributed by atoms with E-state index in [2.05, 4.69) is 27.0 Å². The number of aliphatic hydroxyl groups excluding tert-OH is 1. The average Bonchev–Trinajstić information content (AvgIpc) is 2.68. The van der Waals surface area contributed by atoms with Gasteiger partial charge < -0.3 is 19.5 Å². The van der Waals surface area contributed by atoms with Gasteiger partial charge in [-0.05, 0) is 37.3 Å². The Morgan fingerprint density at radius 3 is 2.88 bits per heavy atom. The van der Waals surface area contributed by atoms with E-state index in [9.17, 15) is 5.11 Å². The number of rotatable bonds is 4. The van der Waals surface area contributed by atoms with Gasteiger partial charge in [-0.1, -0.05) is 6.07 Å². The van der Waals surface area contributed by atoms with Crippen LogP contribution in [0.2, 0.25) is 0 Å². The molecular formula is C20H25N3O3. The summed E-state index contributed by atoms with van der Waals surface area (Å²) in [6, 6.07) is 8.11. The fourth-order valence-electron chi connectivity index (χ4n) is 3.73. The van der Waals surface area contributed by atoms with Crippen LogP contribution >= 0.6 is 0 Å².